The zero-order chi connectivity index (χ0) is 22.0. The van der Waals surface area contributed by atoms with Crippen molar-refractivity contribution in [2.45, 2.75) is 13.0 Å². The number of aromatic nitrogens is 2. The lowest BCUT2D eigenvalue weighted by Crippen LogP contribution is -2.49. The van der Waals surface area contributed by atoms with E-state index < -0.39 is 6.09 Å². The number of nitrogens with zero attached hydrogens (tertiary/aromatic N) is 4. The number of hydrogen-bond donors (Lipinski definition) is 2. The lowest BCUT2D eigenvalue weighted by molar-refractivity contribution is 0.143. The number of anilines is 2. The number of hydrogen-bond acceptors (Lipinski definition) is 6. The van der Waals surface area contributed by atoms with Crippen LogP contribution < -0.4 is 15.1 Å². The SMILES string of the molecule is CC(=S)NCC1CN(c2ccc(N3CCN(C(=S)c4ncc[nH]4)CC3)c(F)c2)C(=O)O1. The second kappa shape index (κ2) is 9.15. The fourth-order valence-corrected chi connectivity index (χ4v) is 4.08. The Kier molecular flexibility index (Phi) is 6.33. The number of rotatable bonds is 5. The standard InChI is InChI=1S/C20H23FN6O2S2/c1-13(30)24-11-15-12-27(20(28)29-15)14-2-3-17(16(21)10-14)25-6-8-26(9-7-25)19(31)18-22-4-5-23-18/h2-5,10,15H,6-9,11-12H2,1H3,(H,22,23)(H,24,30). The quantitative estimate of drug-likeness (QED) is 0.656. The summed E-state index contributed by atoms with van der Waals surface area (Å²) in [5, 5.41) is 2.99. The molecule has 0 spiro atoms. The molecular weight excluding hydrogens is 439 g/mol. The van der Waals surface area contributed by atoms with Crippen molar-refractivity contribution in [1.29, 1.82) is 0 Å². The average Bonchev–Trinajstić information content (AvgIpc) is 3.42. The highest BCUT2D eigenvalue weighted by molar-refractivity contribution is 7.80. The van der Waals surface area contributed by atoms with Crippen LogP contribution in [-0.4, -0.2) is 76.3 Å². The topological polar surface area (TPSA) is 76.7 Å². The van der Waals surface area contributed by atoms with Crippen LogP contribution in [0.4, 0.5) is 20.6 Å². The van der Waals surface area contributed by atoms with Gasteiger partial charge in [-0.3, -0.25) is 4.90 Å². The molecule has 31 heavy (non-hydrogen) atoms. The third-order valence-electron chi connectivity index (χ3n) is 5.30. The monoisotopic (exact) mass is 462 g/mol. The Bertz CT molecular complexity index is 978. The van der Waals surface area contributed by atoms with Gasteiger partial charge in [-0.05, 0) is 25.1 Å². The van der Waals surface area contributed by atoms with Crippen LogP contribution in [0, 0.1) is 5.82 Å². The maximum Gasteiger partial charge on any atom is 0.414 e. The van der Waals surface area contributed by atoms with Gasteiger partial charge in [-0.1, -0.05) is 24.4 Å². The number of benzene rings is 1. The van der Waals surface area contributed by atoms with Crippen molar-refractivity contribution in [2.75, 3.05) is 49.1 Å². The van der Waals surface area contributed by atoms with Crippen LogP contribution in [0.1, 0.15) is 12.7 Å². The molecule has 8 nitrogen and oxygen atoms in total. The number of cyclic esters (lactones) is 1. The Hall–Kier alpha value is -2.79. The summed E-state index contributed by atoms with van der Waals surface area (Å²) in [4.78, 5) is 26.2. The van der Waals surface area contributed by atoms with Gasteiger partial charge < -0.3 is 24.8 Å². The van der Waals surface area contributed by atoms with Gasteiger partial charge in [0, 0.05) is 38.6 Å². The van der Waals surface area contributed by atoms with Crippen molar-refractivity contribution in [3.63, 3.8) is 0 Å². The zero-order valence-corrected chi connectivity index (χ0v) is 18.6. The molecule has 0 bridgehead atoms. The molecule has 1 unspecified atom stereocenters. The normalized spacial score (nSPS) is 18.8. The molecule has 11 heteroatoms. The number of amides is 1. The number of carbonyl (C=O) groups is 1. The predicted molar refractivity (Wildman–Crippen MR) is 124 cm³/mol. The second-order valence-electron chi connectivity index (χ2n) is 7.41. The summed E-state index contributed by atoms with van der Waals surface area (Å²) in [6.07, 6.45) is 2.59. The van der Waals surface area contributed by atoms with E-state index in [4.69, 9.17) is 29.2 Å². The molecule has 4 rings (SSSR count). The minimum atomic E-state index is -0.485. The highest BCUT2D eigenvalue weighted by atomic mass is 32.1. The van der Waals surface area contributed by atoms with Gasteiger partial charge in [-0.2, -0.15) is 0 Å². The molecule has 0 saturated carbocycles. The van der Waals surface area contributed by atoms with E-state index in [1.165, 1.54) is 11.0 Å². The number of ether oxygens (including phenoxy) is 1. The number of imidazole rings is 1. The summed E-state index contributed by atoms with van der Waals surface area (Å²) in [5.41, 5.74) is 0.986. The van der Waals surface area contributed by atoms with Crippen LogP contribution in [0.15, 0.2) is 30.6 Å². The van der Waals surface area contributed by atoms with Crippen LogP contribution in [0.2, 0.25) is 0 Å². The highest BCUT2D eigenvalue weighted by Crippen LogP contribution is 2.28. The first-order chi connectivity index (χ1) is 14.9. The van der Waals surface area contributed by atoms with E-state index in [-0.39, 0.29) is 11.9 Å². The van der Waals surface area contributed by atoms with E-state index in [1.807, 2.05) is 4.90 Å². The van der Waals surface area contributed by atoms with Crippen molar-refractivity contribution in [3.05, 3.63) is 42.2 Å². The molecule has 2 aliphatic heterocycles. The second-order valence-corrected chi connectivity index (χ2v) is 8.41. The van der Waals surface area contributed by atoms with E-state index in [1.54, 1.807) is 31.5 Å². The number of piperazine rings is 1. The molecule has 2 aliphatic rings. The molecule has 1 aromatic carbocycles. The number of carbonyl (C=O) groups excluding carboxylic acids is 1. The maximum absolute atomic E-state index is 14.9. The van der Waals surface area contributed by atoms with Crippen molar-refractivity contribution < 1.29 is 13.9 Å². The Morgan fingerprint density at radius 1 is 1.32 bits per heavy atom. The molecule has 2 saturated heterocycles. The van der Waals surface area contributed by atoms with Gasteiger partial charge in [-0.15, -0.1) is 0 Å². The molecule has 0 radical (unpaired) electrons. The smallest absolute Gasteiger partial charge is 0.414 e. The molecule has 1 atom stereocenters. The largest absolute Gasteiger partial charge is 0.442 e. The predicted octanol–water partition coefficient (Wildman–Crippen LogP) is 2.31. The van der Waals surface area contributed by atoms with Crippen LogP contribution in [0.25, 0.3) is 0 Å². The Balaban J connectivity index is 1.38. The van der Waals surface area contributed by atoms with Crippen molar-refractivity contribution in [1.82, 2.24) is 20.2 Å². The summed E-state index contributed by atoms with van der Waals surface area (Å²) < 4.78 is 20.3. The van der Waals surface area contributed by atoms with Gasteiger partial charge in [0.15, 0.2) is 5.82 Å². The summed E-state index contributed by atoms with van der Waals surface area (Å²) >= 11 is 10.5. The molecular formula is C20H23FN6O2S2. The fourth-order valence-electron chi connectivity index (χ4n) is 3.70. The molecule has 2 fully saturated rings. The van der Waals surface area contributed by atoms with Gasteiger partial charge in [0.25, 0.3) is 0 Å². The van der Waals surface area contributed by atoms with Gasteiger partial charge in [0.05, 0.1) is 29.5 Å². The van der Waals surface area contributed by atoms with Crippen molar-refractivity contribution in [2.24, 2.45) is 0 Å². The Labute approximate surface area is 190 Å². The molecule has 2 aromatic rings. The zero-order valence-electron chi connectivity index (χ0n) is 17.0. The number of aromatic amines is 1. The van der Waals surface area contributed by atoms with E-state index in [2.05, 4.69) is 20.2 Å². The first-order valence-electron chi connectivity index (χ1n) is 9.98. The van der Waals surface area contributed by atoms with Crippen molar-refractivity contribution in [3.8, 4) is 0 Å². The molecule has 3 heterocycles. The number of halogens is 1. The average molecular weight is 463 g/mol. The molecule has 2 N–H and O–H groups in total. The lowest BCUT2D eigenvalue weighted by Gasteiger charge is -2.37. The Morgan fingerprint density at radius 3 is 2.74 bits per heavy atom. The van der Waals surface area contributed by atoms with E-state index in [0.29, 0.717) is 66.4 Å². The van der Waals surface area contributed by atoms with E-state index in [0.717, 1.165) is 0 Å². The van der Waals surface area contributed by atoms with Gasteiger partial charge in [-0.25, -0.2) is 14.2 Å². The molecule has 0 aliphatic carbocycles. The van der Waals surface area contributed by atoms with Crippen LogP contribution in [0.5, 0.6) is 0 Å². The van der Waals surface area contributed by atoms with Crippen LogP contribution in [0.3, 0.4) is 0 Å². The van der Waals surface area contributed by atoms with Crippen molar-refractivity contribution >= 4 is 51.9 Å². The first kappa shape index (κ1) is 21.4. The fraction of sp³-hybridized carbons (Fsp3) is 0.400. The maximum atomic E-state index is 14.9. The van der Waals surface area contributed by atoms with Gasteiger partial charge >= 0.3 is 6.09 Å². The van der Waals surface area contributed by atoms with E-state index >= 15 is 0 Å². The van der Waals surface area contributed by atoms with E-state index in [9.17, 15) is 9.18 Å². The summed E-state index contributed by atoms with van der Waals surface area (Å²) in [6, 6.07) is 4.85. The summed E-state index contributed by atoms with van der Waals surface area (Å²) in [5.74, 6) is 0.300. The Morgan fingerprint density at radius 2 is 2.10 bits per heavy atom. The number of nitrogens with one attached hydrogen (secondary N) is 2. The minimum absolute atomic E-state index is 0.334. The third kappa shape index (κ3) is 4.77. The molecule has 164 valence electrons. The number of H-pyrrole nitrogens is 1. The third-order valence-corrected chi connectivity index (χ3v) is 5.90. The van der Waals surface area contributed by atoms with Crippen LogP contribution in [-0.2, 0) is 4.74 Å². The summed E-state index contributed by atoms with van der Waals surface area (Å²) in [7, 11) is 0. The minimum Gasteiger partial charge on any atom is -0.442 e. The first-order valence-corrected chi connectivity index (χ1v) is 10.8. The summed E-state index contributed by atoms with van der Waals surface area (Å²) in [6.45, 7) is 5.15. The number of thiocarbonyl (C=S) groups is 2. The molecule has 1 amide bonds. The lowest BCUT2D eigenvalue weighted by atomic mass is 10.2. The van der Waals surface area contributed by atoms with Gasteiger partial charge in [0.1, 0.15) is 16.9 Å². The van der Waals surface area contributed by atoms with Gasteiger partial charge in [0.2, 0.25) is 0 Å². The highest BCUT2D eigenvalue weighted by Gasteiger charge is 2.33. The van der Waals surface area contributed by atoms with Crippen LogP contribution >= 0.6 is 24.4 Å². The molecule has 1 aromatic heterocycles.